The Hall–Kier alpha value is -1.92. The second kappa shape index (κ2) is 5.16. The Morgan fingerprint density at radius 2 is 2.06 bits per heavy atom. The van der Waals surface area contributed by atoms with Gasteiger partial charge in [-0.15, -0.1) is 5.10 Å². The van der Waals surface area contributed by atoms with Gasteiger partial charge < -0.3 is 10.4 Å². The highest BCUT2D eigenvalue weighted by molar-refractivity contribution is 5.93. The number of carboxylic acids is 1. The summed E-state index contributed by atoms with van der Waals surface area (Å²) >= 11 is 0. The molecule has 0 saturated carbocycles. The third-order valence-electron chi connectivity index (χ3n) is 2.41. The molecule has 0 radical (unpaired) electrons. The monoisotopic (exact) mass is 254 g/mol. The van der Waals surface area contributed by atoms with E-state index < -0.39 is 17.9 Å². The SMILES string of the molecule is CC[C@@H](NC(=O)c1n[nH]c(C(C)(C)C)n1)C(=O)O. The normalized spacial score (nSPS) is 13.1. The van der Waals surface area contributed by atoms with Crippen molar-refractivity contribution in [3.63, 3.8) is 0 Å². The molecule has 7 heteroatoms. The van der Waals surface area contributed by atoms with Gasteiger partial charge in [0.15, 0.2) is 0 Å². The Morgan fingerprint density at radius 1 is 1.44 bits per heavy atom. The van der Waals surface area contributed by atoms with Crippen LogP contribution in [0.25, 0.3) is 0 Å². The second-order valence-corrected chi connectivity index (χ2v) is 5.03. The van der Waals surface area contributed by atoms with Gasteiger partial charge in [-0.1, -0.05) is 27.7 Å². The summed E-state index contributed by atoms with van der Waals surface area (Å²) in [5.74, 6) is -1.12. The first kappa shape index (κ1) is 14.1. The van der Waals surface area contributed by atoms with Crippen LogP contribution in [0.3, 0.4) is 0 Å². The van der Waals surface area contributed by atoms with Crippen molar-refractivity contribution in [1.82, 2.24) is 20.5 Å². The first-order valence-corrected chi connectivity index (χ1v) is 5.72. The van der Waals surface area contributed by atoms with Crippen LogP contribution < -0.4 is 5.32 Å². The standard InChI is InChI=1S/C11H18N4O3/c1-5-6(9(17)18)12-8(16)7-13-10(15-14-7)11(2,3)4/h6H,5H2,1-4H3,(H,12,16)(H,17,18)(H,13,14,15)/t6-/m1/s1. The molecular formula is C11H18N4O3. The van der Waals surface area contributed by atoms with E-state index >= 15 is 0 Å². The van der Waals surface area contributed by atoms with Crippen LogP contribution in [0.4, 0.5) is 0 Å². The van der Waals surface area contributed by atoms with Gasteiger partial charge in [-0.2, -0.15) is 0 Å². The molecule has 0 fully saturated rings. The fourth-order valence-corrected chi connectivity index (χ4v) is 1.26. The minimum Gasteiger partial charge on any atom is -0.480 e. The van der Waals surface area contributed by atoms with Crippen molar-refractivity contribution < 1.29 is 14.7 Å². The van der Waals surface area contributed by atoms with E-state index in [0.29, 0.717) is 12.2 Å². The number of carbonyl (C=O) groups excluding carboxylic acids is 1. The molecule has 100 valence electrons. The zero-order valence-electron chi connectivity index (χ0n) is 10.9. The Morgan fingerprint density at radius 3 is 2.44 bits per heavy atom. The quantitative estimate of drug-likeness (QED) is 0.732. The van der Waals surface area contributed by atoms with Gasteiger partial charge in [-0.25, -0.2) is 9.78 Å². The topological polar surface area (TPSA) is 108 Å². The van der Waals surface area contributed by atoms with E-state index in [0.717, 1.165) is 0 Å². The van der Waals surface area contributed by atoms with Gasteiger partial charge in [-0.3, -0.25) is 9.89 Å². The molecule has 0 spiro atoms. The van der Waals surface area contributed by atoms with Crippen LogP contribution in [-0.4, -0.2) is 38.2 Å². The van der Waals surface area contributed by atoms with Crippen molar-refractivity contribution in [2.45, 2.75) is 45.6 Å². The van der Waals surface area contributed by atoms with Gasteiger partial charge in [0.25, 0.3) is 5.91 Å². The summed E-state index contributed by atoms with van der Waals surface area (Å²) in [5, 5.41) is 17.7. The van der Waals surface area contributed by atoms with Crippen molar-refractivity contribution in [3.05, 3.63) is 11.6 Å². The summed E-state index contributed by atoms with van der Waals surface area (Å²) < 4.78 is 0. The van der Waals surface area contributed by atoms with E-state index in [1.807, 2.05) is 20.8 Å². The molecule has 1 rings (SSSR count). The van der Waals surface area contributed by atoms with Crippen molar-refractivity contribution in [2.75, 3.05) is 0 Å². The molecule has 0 saturated heterocycles. The Kier molecular flexibility index (Phi) is 4.05. The van der Waals surface area contributed by atoms with Gasteiger partial charge in [0.1, 0.15) is 11.9 Å². The summed E-state index contributed by atoms with van der Waals surface area (Å²) in [6.45, 7) is 7.47. The summed E-state index contributed by atoms with van der Waals surface area (Å²) in [6.07, 6.45) is 0.303. The Labute approximate surface area is 105 Å². The molecule has 3 N–H and O–H groups in total. The van der Waals surface area contributed by atoms with Crippen LogP contribution in [0, 0.1) is 0 Å². The maximum absolute atomic E-state index is 11.7. The van der Waals surface area contributed by atoms with E-state index in [4.69, 9.17) is 5.11 Å². The summed E-state index contributed by atoms with van der Waals surface area (Å²) in [4.78, 5) is 26.6. The summed E-state index contributed by atoms with van der Waals surface area (Å²) in [5.41, 5.74) is -0.248. The Bertz CT molecular complexity index is 447. The lowest BCUT2D eigenvalue weighted by Crippen LogP contribution is -2.40. The van der Waals surface area contributed by atoms with E-state index in [2.05, 4.69) is 20.5 Å². The average molecular weight is 254 g/mol. The number of aromatic amines is 1. The van der Waals surface area contributed by atoms with Crippen LogP contribution in [-0.2, 0) is 10.2 Å². The number of carbonyl (C=O) groups is 2. The zero-order valence-corrected chi connectivity index (χ0v) is 10.9. The number of aliphatic carboxylic acids is 1. The molecule has 0 aliphatic heterocycles. The minimum absolute atomic E-state index is 0.0420. The van der Waals surface area contributed by atoms with Crippen molar-refractivity contribution in [3.8, 4) is 0 Å². The maximum Gasteiger partial charge on any atom is 0.326 e. The molecule has 7 nitrogen and oxygen atoms in total. The molecule has 0 unspecified atom stereocenters. The maximum atomic E-state index is 11.7. The molecule has 1 aromatic heterocycles. The number of hydrogen-bond acceptors (Lipinski definition) is 4. The lowest BCUT2D eigenvalue weighted by atomic mass is 9.96. The van der Waals surface area contributed by atoms with Crippen LogP contribution >= 0.6 is 0 Å². The molecule has 0 bridgehead atoms. The van der Waals surface area contributed by atoms with Crippen molar-refractivity contribution >= 4 is 11.9 Å². The van der Waals surface area contributed by atoms with Gasteiger partial charge in [0.2, 0.25) is 5.82 Å². The third-order valence-corrected chi connectivity index (χ3v) is 2.41. The zero-order chi connectivity index (χ0) is 13.9. The fraction of sp³-hybridized carbons (Fsp3) is 0.636. The third kappa shape index (κ3) is 3.28. The second-order valence-electron chi connectivity index (χ2n) is 5.03. The summed E-state index contributed by atoms with van der Waals surface area (Å²) in [6, 6.07) is -0.922. The van der Waals surface area contributed by atoms with Crippen molar-refractivity contribution in [1.29, 1.82) is 0 Å². The number of nitrogens with one attached hydrogen (secondary N) is 2. The van der Waals surface area contributed by atoms with Gasteiger partial charge >= 0.3 is 5.97 Å². The van der Waals surface area contributed by atoms with Gasteiger partial charge in [0, 0.05) is 5.41 Å². The Balaban J connectivity index is 2.79. The minimum atomic E-state index is -1.07. The lowest BCUT2D eigenvalue weighted by molar-refractivity contribution is -0.139. The molecule has 18 heavy (non-hydrogen) atoms. The predicted molar refractivity (Wildman–Crippen MR) is 64.3 cm³/mol. The smallest absolute Gasteiger partial charge is 0.326 e. The van der Waals surface area contributed by atoms with Gasteiger partial charge in [0.05, 0.1) is 0 Å². The van der Waals surface area contributed by atoms with Crippen LogP contribution in [0.5, 0.6) is 0 Å². The molecule has 1 aromatic rings. The number of aromatic nitrogens is 3. The van der Waals surface area contributed by atoms with E-state index in [-0.39, 0.29) is 11.2 Å². The van der Waals surface area contributed by atoms with Crippen LogP contribution in [0.2, 0.25) is 0 Å². The highest BCUT2D eigenvalue weighted by Crippen LogP contribution is 2.17. The average Bonchev–Trinajstić information content (AvgIpc) is 2.73. The molecule has 0 aromatic carbocycles. The highest BCUT2D eigenvalue weighted by Gasteiger charge is 2.24. The van der Waals surface area contributed by atoms with E-state index in [9.17, 15) is 9.59 Å². The molecule has 0 aliphatic rings. The molecule has 1 atom stereocenters. The number of carboxylic acid groups (broad SMARTS) is 1. The number of H-pyrrole nitrogens is 1. The number of amides is 1. The molecule has 1 amide bonds. The van der Waals surface area contributed by atoms with Crippen LogP contribution in [0.1, 0.15) is 50.6 Å². The lowest BCUT2D eigenvalue weighted by Gasteiger charge is -2.13. The number of nitrogens with zero attached hydrogens (tertiary/aromatic N) is 2. The molecular weight excluding hydrogens is 236 g/mol. The van der Waals surface area contributed by atoms with Gasteiger partial charge in [-0.05, 0) is 6.42 Å². The molecule has 1 heterocycles. The van der Waals surface area contributed by atoms with Crippen molar-refractivity contribution in [2.24, 2.45) is 0 Å². The van der Waals surface area contributed by atoms with E-state index in [1.54, 1.807) is 6.92 Å². The first-order chi connectivity index (χ1) is 8.25. The molecule has 0 aliphatic carbocycles. The fourth-order valence-electron chi connectivity index (χ4n) is 1.26. The van der Waals surface area contributed by atoms with Crippen LogP contribution in [0.15, 0.2) is 0 Å². The predicted octanol–water partition coefficient (Wildman–Crippen LogP) is 0.695. The van der Waals surface area contributed by atoms with E-state index in [1.165, 1.54) is 0 Å². The summed E-state index contributed by atoms with van der Waals surface area (Å²) in [7, 11) is 0. The largest absolute Gasteiger partial charge is 0.480 e. The first-order valence-electron chi connectivity index (χ1n) is 5.72. The highest BCUT2D eigenvalue weighted by atomic mass is 16.4. The number of hydrogen-bond donors (Lipinski definition) is 3. The number of rotatable bonds is 4.